The summed E-state index contributed by atoms with van der Waals surface area (Å²) in [7, 11) is 1.64. The number of halogens is 1. The van der Waals surface area contributed by atoms with E-state index in [1.165, 1.54) is 0 Å². The Morgan fingerprint density at radius 1 is 1.04 bits per heavy atom. The molecule has 0 bridgehead atoms. The van der Waals surface area contributed by atoms with Crippen molar-refractivity contribution >= 4 is 27.7 Å². The lowest BCUT2D eigenvalue weighted by molar-refractivity contribution is -0.117. The third kappa shape index (κ3) is 6.10. The van der Waals surface area contributed by atoms with Crippen LogP contribution in [0.1, 0.15) is 5.56 Å². The fourth-order valence-corrected chi connectivity index (χ4v) is 2.57. The Hall–Kier alpha value is -1.06. The first-order valence-electron chi connectivity index (χ1n) is 7.90. The van der Waals surface area contributed by atoms with Crippen molar-refractivity contribution in [2.24, 2.45) is 0 Å². The van der Waals surface area contributed by atoms with Crippen LogP contribution in [-0.2, 0) is 30.2 Å². The quantitative estimate of drug-likeness (QED) is 0.389. The van der Waals surface area contributed by atoms with E-state index in [4.69, 9.17) is 18.9 Å². The number of carbonyl (C=O) groups is 1. The summed E-state index contributed by atoms with van der Waals surface area (Å²) < 4.78 is 21.8. The van der Waals surface area contributed by atoms with Gasteiger partial charge in [0.1, 0.15) is 10.4 Å². The number of hydrogen-bond donors (Lipinski definition) is 0. The van der Waals surface area contributed by atoms with Crippen LogP contribution in [0.15, 0.2) is 16.7 Å². The van der Waals surface area contributed by atoms with E-state index in [2.05, 4.69) is 20.9 Å². The summed E-state index contributed by atoms with van der Waals surface area (Å²) in [6, 6.07) is 3.77. The summed E-state index contributed by atoms with van der Waals surface area (Å²) in [5.74, 6) is 0.783. The largest absolute Gasteiger partial charge is 0.382 e. The van der Waals surface area contributed by atoms with Crippen molar-refractivity contribution in [2.75, 3.05) is 64.8 Å². The number of aromatic nitrogens is 1. The maximum atomic E-state index is 12.0. The highest BCUT2D eigenvalue weighted by Gasteiger charge is 2.28. The first kappa shape index (κ1) is 19.3. The number of methoxy groups -OCH3 is 1. The van der Waals surface area contributed by atoms with Gasteiger partial charge in [-0.2, -0.15) is 0 Å². The van der Waals surface area contributed by atoms with Crippen molar-refractivity contribution in [3.05, 3.63) is 22.3 Å². The molecule has 0 N–H and O–H groups in total. The lowest BCUT2D eigenvalue weighted by Crippen LogP contribution is -2.31. The predicted molar refractivity (Wildman–Crippen MR) is 92.3 cm³/mol. The van der Waals surface area contributed by atoms with Gasteiger partial charge in [0.05, 0.1) is 59.2 Å². The van der Waals surface area contributed by atoms with Crippen LogP contribution in [-0.4, -0.2) is 70.8 Å². The van der Waals surface area contributed by atoms with E-state index in [1.54, 1.807) is 12.0 Å². The average molecular weight is 403 g/mol. The van der Waals surface area contributed by atoms with Gasteiger partial charge in [-0.05, 0) is 22.0 Å². The Kier molecular flexibility index (Phi) is 8.62. The Morgan fingerprint density at radius 3 is 2.33 bits per heavy atom. The number of ether oxygens (including phenoxy) is 4. The molecule has 2 rings (SSSR count). The van der Waals surface area contributed by atoms with E-state index in [0.717, 1.165) is 16.0 Å². The molecule has 0 atom stereocenters. The summed E-state index contributed by atoms with van der Waals surface area (Å²) in [5, 5.41) is 0. The number of fused-ring (bicyclic) bond motifs is 1. The van der Waals surface area contributed by atoms with Gasteiger partial charge in [0.25, 0.3) is 0 Å². The zero-order valence-electron chi connectivity index (χ0n) is 13.8. The Balaban J connectivity index is 1.54. The standard InChI is InChI=1S/C16H23BrN2O5/c1-21-6-7-23-10-11-24-9-8-22-5-4-19-15(20)12-13-2-3-14(17)18-16(13)19/h2-3H,4-12H2,1H3. The maximum absolute atomic E-state index is 12.0. The molecule has 0 aliphatic carbocycles. The van der Waals surface area contributed by atoms with Gasteiger partial charge in [0.15, 0.2) is 0 Å². The molecule has 1 aliphatic heterocycles. The fraction of sp³-hybridized carbons (Fsp3) is 0.625. The topological polar surface area (TPSA) is 70.1 Å². The lowest BCUT2D eigenvalue weighted by Gasteiger charge is -2.16. The minimum Gasteiger partial charge on any atom is -0.382 e. The first-order chi connectivity index (χ1) is 11.7. The van der Waals surface area contributed by atoms with Crippen LogP contribution < -0.4 is 4.90 Å². The molecule has 134 valence electrons. The summed E-state index contributed by atoms with van der Waals surface area (Å²) >= 11 is 3.34. The molecule has 7 nitrogen and oxygen atoms in total. The summed E-state index contributed by atoms with van der Waals surface area (Å²) in [5.41, 5.74) is 0.958. The Morgan fingerprint density at radius 2 is 1.67 bits per heavy atom. The molecule has 8 heteroatoms. The molecule has 0 unspecified atom stereocenters. The first-order valence-corrected chi connectivity index (χ1v) is 8.69. The molecular weight excluding hydrogens is 380 g/mol. The predicted octanol–water partition coefficient (Wildman–Crippen LogP) is 1.43. The van der Waals surface area contributed by atoms with E-state index in [9.17, 15) is 4.79 Å². The molecule has 0 saturated heterocycles. The minimum atomic E-state index is 0.0589. The van der Waals surface area contributed by atoms with E-state index < -0.39 is 0 Å². The van der Waals surface area contributed by atoms with Crippen molar-refractivity contribution in [2.45, 2.75) is 6.42 Å². The maximum Gasteiger partial charge on any atom is 0.232 e. The van der Waals surface area contributed by atoms with Crippen molar-refractivity contribution in [3.63, 3.8) is 0 Å². The number of pyridine rings is 1. The number of hydrogen-bond acceptors (Lipinski definition) is 6. The van der Waals surface area contributed by atoms with Gasteiger partial charge in [-0.1, -0.05) is 6.07 Å². The number of rotatable bonds is 12. The van der Waals surface area contributed by atoms with E-state index in [1.807, 2.05) is 12.1 Å². The monoisotopic (exact) mass is 402 g/mol. The second kappa shape index (κ2) is 10.7. The van der Waals surface area contributed by atoms with Crippen LogP contribution in [0.2, 0.25) is 0 Å². The fourth-order valence-electron chi connectivity index (χ4n) is 2.27. The molecule has 24 heavy (non-hydrogen) atoms. The SMILES string of the molecule is COCCOCCOCCOCCN1C(=O)Cc2ccc(Br)nc21. The molecule has 1 aromatic heterocycles. The summed E-state index contributed by atoms with van der Waals surface area (Å²) in [4.78, 5) is 18.1. The zero-order chi connectivity index (χ0) is 17.2. The second-order valence-corrected chi connectivity index (χ2v) is 5.98. The normalized spacial score (nSPS) is 13.6. The molecular formula is C16H23BrN2O5. The third-order valence-corrected chi connectivity index (χ3v) is 3.90. The molecule has 0 saturated carbocycles. The zero-order valence-corrected chi connectivity index (χ0v) is 15.4. The highest BCUT2D eigenvalue weighted by molar-refractivity contribution is 9.10. The molecule has 2 heterocycles. The van der Waals surface area contributed by atoms with Gasteiger partial charge in [-0.25, -0.2) is 4.98 Å². The smallest absolute Gasteiger partial charge is 0.232 e. The Bertz CT molecular complexity index is 529. The molecule has 0 spiro atoms. The highest BCUT2D eigenvalue weighted by atomic mass is 79.9. The van der Waals surface area contributed by atoms with Crippen LogP contribution in [0.3, 0.4) is 0 Å². The second-order valence-electron chi connectivity index (χ2n) is 5.17. The van der Waals surface area contributed by atoms with E-state index in [-0.39, 0.29) is 5.91 Å². The lowest BCUT2D eigenvalue weighted by atomic mass is 10.2. The number of carbonyl (C=O) groups excluding carboxylic acids is 1. The van der Waals surface area contributed by atoms with Gasteiger partial charge in [-0.3, -0.25) is 9.69 Å². The molecule has 0 fully saturated rings. The number of nitrogens with zero attached hydrogens (tertiary/aromatic N) is 2. The van der Waals surface area contributed by atoms with Crippen LogP contribution in [0.25, 0.3) is 0 Å². The summed E-state index contributed by atoms with van der Waals surface area (Å²) in [6.45, 7) is 4.17. The average Bonchev–Trinajstić information content (AvgIpc) is 2.87. The minimum absolute atomic E-state index is 0.0589. The summed E-state index contributed by atoms with van der Waals surface area (Å²) in [6.07, 6.45) is 0.405. The van der Waals surface area contributed by atoms with Gasteiger partial charge in [0.2, 0.25) is 5.91 Å². The van der Waals surface area contributed by atoms with Crippen molar-refractivity contribution in [1.29, 1.82) is 0 Å². The van der Waals surface area contributed by atoms with Gasteiger partial charge < -0.3 is 18.9 Å². The third-order valence-electron chi connectivity index (χ3n) is 3.46. The van der Waals surface area contributed by atoms with Crippen LogP contribution in [0.4, 0.5) is 5.82 Å². The van der Waals surface area contributed by atoms with E-state index in [0.29, 0.717) is 59.2 Å². The van der Waals surface area contributed by atoms with Crippen LogP contribution >= 0.6 is 15.9 Å². The van der Waals surface area contributed by atoms with Gasteiger partial charge in [-0.15, -0.1) is 0 Å². The van der Waals surface area contributed by atoms with Gasteiger partial charge >= 0.3 is 0 Å². The van der Waals surface area contributed by atoms with E-state index >= 15 is 0 Å². The van der Waals surface area contributed by atoms with Crippen molar-refractivity contribution in [3.8, 4) is 0 Å². The molecule has 1 aliphatic rings. The van der Waals surface area contributed by atoms with Crippen molar-refractivity contribution in [1.82, 2.24) is 4.98 Å². The van der Waals surface area contributed by atoms with Crippen molar-refractivity contribution < 1.29 is 23.7 Å². The highest BCUT2D eigenvalue weighted by Crippen LogP contribution is 2.27. The molecule has 0 radical (unpaired) electrons. The number of amides is 1. The molecule has 1 amide bonds. The van der Waals surface area contributed by atoms with Gasteiger partial charge in [0, 0.05) is 12.7 Å². The van der Waals surface area contributed by atoms with Crippen LogP contribution in [0, 0.1) is 0 Å². The molecule has 0 aromatic carbocycles. The molecule has 1 aromatic rings. The van der Waals surface area contributed by atoms with Crippen LogP contribution in [0.5, 0.6) is 0 Å². The number of anilines is 1. The Labute approximate surface area is 150 Å².